The Morgan fingerprint density at radius 3 is 2.71 bits per heavy atom. The fourth-order valence-electron chi connectivity index (χ4n) is 2.90. The van der Waals surface area contributed by atoms with E-state index in [2.05, 4.69) is 0 Å². The SMILES string of the molecule is CN(C)C(=O)[C@@H]1CCCN(CCS(=O)(=O)c2cc(Cl)ccc2Cl)C1. The van der Waals surface area contributed by atoms with Crippen molar-refractivity contribution in [3.63, 3.8) is 0 Å². The van der Waals surface area contributed by atoms with E-state index in [4.69, 9.17) is 23.2 Å². The Balaban J connectivity index is 2.01. The first-order valence-corrected chi connectivity index (χ1v) is 10.2. The lowest BCUT2D eigenvalue weighted by Crippen LogP contribution is -2.44. The Morgan fingerprint density at radius 1 is 1.33 bits per heavy atom. The first kappa shape index (κ1) is 19.5. The molecule has 1 heterocycles. The highest BCUT2D eigenvalue weighted by Gasteiger charge is 2.28. The summed E-state index contributed by atoms with van der Waals surface area (Å²) in [4.78, 5) is 15.8. The lowest BCUT2D eigenvalue weighted by molar-refractivity contribution is -0.134. The number of hydrogen-bond acceptors (Lipinski definition) is 4. The van der Waals surface area contributed by atoms with Crippen LogP contribution in [0.2, 0.25) is 10.0 Å². The lowest BCUT2D eigenvalue weighted by atomic mass is 9.97. The maximum Gasteiger partial charge on any atom is 0.226 e. The predicted octanol–water partition coefficient (Wildman–Crippen LogP) is 2.57. The van der Waals surface area contributed by atoms with Gasteiger partial charge in [-0.2, -0.15) is 0 Å². The molecule has 0 unspecified atom stereocenters. The number of carbonyl (C=O) groups excluding carboxylic acids is 1. The number of rotatable bonds is 5. The van der Waals surface area contributed by atoms with Gasteiger partial charge in [0.1, 0.15) is 0 Å². The molecule has 1 atom stereocenters. The Kier molecular flexibility index (Phi) is 6.53. The fraction of sp³-hybridized carbons (Fsp3) is 0.562. The van der Waals surface area contributed by atoms with Gasteiger partial charge in [-0.15, -0.1) is 0 Å². The van der Waals surface area contributed by atoms with Gasteiger partial charge in [-0.25, -0.2) is 8.42 Å². The predicted molar refractivity (Wildman–Crippen MR) is 96.4 cm³/mol. The molecule has 1 saturated heterocycles. The Hall–Kier alpha value is -0.820. The standard InChI is InChI=1S/C16H22Cl2N2O3S/c1-19(2)16(21)12-4-3-7-20(11-12)8-9-24(22,23)15-10-13(17)5-6-14(15)18/h5-6,10,12H,3-4,7-9,11H2,1-2H3/t12-/m1/s1. The number of halogens is 2. The van der Waals surface area contributed by atoms with Crippen molar-refractivity contribution in [3.05, 3.63) is 28.2 Å². The molecule has 0 N–H and O–H groups in total. The monoisotopic (exact) mass is 392 g/mol. The van der Waals surface area contributed by atoms with E-state index in [1.807, 2.05) is 4.90 Å². The number of benzene rings is 1. The average Bonchev–Trinajstić information content (AvgIpc) is 2.54. The summed E-state index contributed by atoms with van der Waals surface area (Å²) in [5.74, 6) is -0.0118. The first-order valence-electron chi connectivity index (χ1n) is 7.82. The molecule has 1 aliphatic heterocycles. The van der Waals surface area contributed by atoms with Crippen LogP contribution in [0.25, 0.3) is 0 Å². The van der Waals surface area contributed by atoms with E-state index in [-0.39, 0.29) is 27.5 Å². The van der Waals surface area contributed by atoms with Crippen LogP contribution in [0.4, 0.5) is 0 Å². The van der Waals surface area contributed by atoms with Gasteiger partial charge >= 0.3 is 0 Å². The van der Waals surface area contributed by atoms with Gasteiger partial charge in [0.05, 0.1) is 21.6 Å². The summed E-state index contributed by atoms with van der Waals surface area (Å²) in [6.45, 7) is 1.77. The highest BCUT2D eigenvalue weighted by Crippen LogP contribution is 2.26. The highest BCUT2D eigenvalue weighted by molar-refractivity contribution is 7.91. The second-order valence-corrected chi connectivity index (χ2v) is 9.19. The number of likely N-dealkylation sites (tertiary alicyclic amines) is 1. The summed E-state index contributed by atoms with van der Waals surface area (Å²) in [5.41, 5.74) is 0. The van der Waals surface area contributed by atoms with Crippen LogP contribution in [0.3, 0.4) is 0 Å². The van der Waals surface area contributed by atoms with E-state index in [1.54, 1.807) is 25.1 Å². The summed E-state index contributed by atoms with van der Waals surface area (Å²) in [6.07, 6.45) is 1.74. The molecule has 2 rings (SSSR count). The Bertz CT molecular complexity index is 707. The van der Waals surface area contributed by atoms with Gasteiger partial charge in [-0.3, -0.25) is 4.79 Å². The molecule has 24 heavy (non-hydrogen) atoms. The molecule has 1 fully saturated rings. The van der Waals surface area contributed by atoms with Crippen molar-refractivity contribution in [2.75, 3.05) is 39.5 Å². The third-order valence-electron chi connectivity index (χ3n) is 4.20. The molecule has 0 saturated carbocycles. The van der Waals surface area contributed by atoms with Crippen LogP contribution in [-0.4, -0.2) is 63.6 Å². The minimum absolute atomic E-state index is 0.0457. The molecule has 8 heteroatoms. The van der Waals surface area contributed by atoms with Gasteiger partial charge < -0.3 is 9.80 Å². The van der Waals surface area contributed by atoms with E-state index in [0.29, 0.717) is 18.1 Å². The number of nitrogens with zero attached hydrogens (tertiary/aromatic N) is 2. The second-order valence-electron chi connectivity index (χ2n) is 6.27. The van der Waals surface area contributed by atoms with E-state index < -0.39 is 9.84 Å². The third kappa shape index (κ3) is 4.85. The van der Waals surface area contributed by atoms with Crippen molar-refractivity contribution < 1.29 is 13.2 Å². The van der Waals surface area contributed by atoms with Crippen LogP contribution < -0.4 is 0 Å². The molecule has 0 aliphatic carbocycles. The van der Waals surface area contributed by atoms with E-state index in [9.17, 15) is 13.2 Å². The Morgan fingerprint density at radius 2 is 2.04 bits per heavy atom. The van der Waals surface area contributed by atoms with E-state index in [1.165, 1.54) is 12.1 Å². The first-order chi connectivity index (χ1) is 11.2. The van der Waals surface area contributed by atoms with Gasteiger partial charge in [0.15, 0.2) is 9.84 Å². The third-order valence-corrected chi connectivity index (χ3v) is 6.60. The zero-order valence-corrected chi connectivity index (χ0v) is 16.2. The quantitative estimate of drug-likeness (QED) is 0.772. The van der Waals surface area contributed by atoms with Crippen LogP contribution in [-0.2, 0) is 14.6 Å². The summed E-state index contributed by atoms with van der Waals surface area (Å²) in [6, 6.07) is 4.43. The molecule has 0 bridgehead atoms. The van der Waals surface area contributed by atoms with E-state index in [0.717, 1.165) is 19.4 Å². The number of amides is 1. The molecule has 134 valence electrons. The molecular formula is C16H22Cl2N2O3S. The largest absolute Gasteiger partial charge is 0.349 e. The molecule has 0 radical (unpaired) electrons. The summed E-state index contributed by atoms with van der Waals surface area (Å²) >= 11 is 11.9. The van der Waals surface area contributed by atoms with Crippen LogP contribution in [0.1, 0.15) is 12.8 Å². The molecule has 0 aromatic heterocycles. The number of piperidine rings is 1. The molecule has 1 amide bonds. The summed E-state index contributed by atoms with van der Waals surface area (Å²) in [5, 5.41) is 0.520. The number of carbonyl (C=O) groups is 1. The van der Waals surface area contributed by atoms with Crippen LogP contribution in [0.5, 0.6) is 0 Å². The summed E-state index contributed by atoms with van der Waals surface area (Å²) < 4.78 is 25.1. The molecular weight excluding hydrogens is 371 g/mol. The van der Waals surface area contributed by atoms with Gasteiger partial charge in [0, 0.05) is 32.2 Å². The van der Waals surface area contributed by atoms with Crippen molar-refractivity contribution in [1.29, 1.82) is 0 Å². The maximum absolute atomic E-state index is 12.5. The van der Waals surface area contributed by atoms with Crippen molar-refractivity contribution >= 4 is 38.9 Å². The Labute approximate surface area is 153 Å². The fourth-order valence-corrected chi connectivity index (χ4v) is 5.00. The number of hydrogen-bond donors (Lipinski definition) is 0. The van der Waals surface area contributed by atoms with Gasteiger partial charge in [-0.1, -0.05) is 23.2 Å². The molecule has 1 aromatic carbocycles. The van der Waals surface area contributed by atoms with Gasteiger partial charge in [0.2, 0.25) is 5.91 Å². The van der Waals surface area contributed by atoms with Crippen molar-refractivity contribution in [2.24, 2.45) is 5.92 Å². The van der Waals surface area contributed by atoms with Gasteiger partial charge in [-0.05, 0) is 37.6 Å². The van der Waals surface area contributed by atoms with Crippen molar-refractivity contribution in [3.8, 4) is 0 Å². The minimum Gasteiger partial charge on any atom is -0.349 e. The highest BCUT2D eigenvalue weighted by atomic mass is 35.5. The smallest absolute Gasteiger partial charge is 0.226 e. The second kappa shape index (κ2) is 8.04. The molecule has 1 aromatic rings. The van der Waals surface area contributed by atoms with Crippen LogP contribution in [0.15, 0.2) is 23.1 Å². The topological polar surface area (TPSA) is 57.7 Å². The van der Waals surface area contributed by atoms with Crippen LogP contribution in [0, 0.1) is 5.92 Å². The van der Waals surface area contributed by atoms with Crippen molar-refractivity contribution in [1.82, 2.24) is 9.80 Å². The lowest BCUT2D eigenvalue weighted by Gasteiger charge is -2.33. The maximum atomic E-state index is 12.5. The van der Waals surface area contributed by atoms with Gasteiger partial charge in [0.25, 0.3) is 0 Å². The average molecular weight is 393 g/mol. The summed E-state index contributed by atoms with van der Waals surface area (Å²) in [7, 11) is -0.0344. The minimum atomic E-state index is -3.52. The number of sulfone groups is 1. The zero-order chi connectivity index (χ0) is 17.9. The van der Waals surface area contributed by atoms with Crippen molar-refractivity contribution in [2.45, 2.75) is 17.7 Å². The normalized spacial score (nSPS) is 19.2. The molecule has 0 spiro atoms. The zero-order valence-electron chi connectivity index (χ0n) is 13.8. The molecule has 1 aliphatic rings. The van der Waals surface area contributed by atoms with E-state index >= 15 is 0 Å². The van der Waals surface area contributed by atoms with Crippen LogP contribution >= 0.6 is 23.2 Å². The molecule has 5 nitrogen and oxygen atoms in total.